The summed E-state index contributed by atoms with van der Waals surface area (Å²) >= 11 is 0. The van der Waals surface area contributed by atoms with Crippen LogP contribution in [-0.2, 0) is 4.79 Å². The number of furan rings is 1. The maximum absolute atomic E-state index is 12.0. The summed E-state index contributed by atoms with van der Waals surface area (Å²) < 4.78 is 16.2. The average molecular weight is 302 g/mol. The number of unbranched alkanes of at least 4 members (excludes halogenated alkanes) is 2. The second kappa shape index (κ2) is 8.31. The van der Waals surface area contributed by atoms with Crippen LogP contribution in [0.25, 0.3) is 0 Å². The molecule has 1 heterocycles. The van der Waals surface area contributed by atoms with Crippen molar-refractivity contribution >= 4 is 18.6 Å². The summed E-state index contributed by atoms with van der Waals surface area (Å²) in [4.78, 5) is 12.0. The fourth-order valence-electron chi connectivity index (χ4n) is 2.61. The van der Waals surface area contributed by atoms with Gasteiger partial charge in [0.25, 0.3) is 0 Å². The number of ether oxygens (including phenoxy) is 2. The van der Waals surface area contributed by atoms with Crippen LogP contribution in [0.1, 0.15) is 39.5 Å². The molecular weight excluding hydrogens is 275 g/mol. The van der Waals surface area contributed by atoms with Crippen LogP contribution in [-0.4, -0.2) is 32.6 Å². The molecule has 0 radical (unpaired) electrons. The van der Waals surface area contributed by atoms with Crippen molar-refractivity contribution in [2.75, 3.05) is 26.5 Å². The molecule has 0 aliphatic rings. The molecule has 0 unspecified atom stereocenters. The average Bonchev–Trinajstić information content (AvgIpc) is 2.92. The van der Waals surface area contributed by atoms with Gasteiger partial charge in [-0.25, -0.2) is 0 Å². The second-order valence-electron chi connectivity index (χ2n) is 5.15. The van der Waals surface area contributed by atoms with Crippen LogP contribution >= 0.6 is 7.26 Å². The molecule has 0 spiro atoms. The fraction of sp³-hybridized carbons (Fsp3) is 0.667. The number of hydrogen-bond acceptors (Lipinski definition) is 4. The van der Waals surface area contributed by atoms with Gasteiger partial charge < -0.3 is 0 Å². The first-order valence-electron chi connectivity index (χ1n) is 7.35. The predicted molar refractivity (Wildman–Crippen MR) is 86.1 cm³/mol. The molecule has 116 valence electrons. The first kappa shape index (κ1) is 17.0. The molecule has 0 aromatic carbocycles. The Kier molecular flexibility index (Phi) is 7.08. The Morgan fingerprint density at radius 2 is 1.75 bits per heavy atom. The Labute approximate surface area is 122 Å². The molecule has 1 aromatic heterocycles. The van der Waals surface area contributed by atoms with Gasteiger partial charge in [0.15, 0.2) is 0 Å². The van der Waals surface area contributed by atoms with Gasteiger partial charge in [0.05, 0.1) is 0 Å². The first-order valence-corrected chi connectivity index (χ1v) is 9.84. The molecule has 4 nitrogen and oxygen atoms in total. The molecule has 0 amide bonds. The van der Waals surface area contributed by atoms with E-state index in [1.54, 1.807) is 20.5 Å². The summed E-state index contributed by atoms with van der Waals surface area (Å²) in [6, 6.07) is 1.19. The van der Waals surface area contributed by atoms with Crippen molar-refractivity contribution in [1.29, 1.82) is 0 Å². The van der Waals surface area contributed by atoms with Crippen molar-refractivity contribution in [3.8, 4) is 11.7 Å². The van der Waals surface area contributed by atoms with Crippen molar-refractivity contribution in [3.63, 3.8) is 0 Å². The third-order valence-electron chi connectivity index (χ3n) is 3.81. The Bertz CT molecular complexity index is 385. The monoisotopic (exact) mass is 302 g/mol. The van der Waals surface area contributed by atoms with E-state index in [0.717, 1.165) is 43.3 Å². The first-order chi connectivity index (χ1) is 9.68. The molecule has 20 heavy (non-hydrogen) atoms. The standard InChI is InChI=1S/C15H27O4P/c1-5-7-9-20(12-16,10-8-6-2)14-13(17-3)11-19-15(14)18-4/h11-12,20H,5-10H2,1-4H3. The zero-order valence-corrected chi connectivity index (χ0v) is 14.0. The van der Waals surface area contributed by atoms with Crippen LogP contribution in [0, 0.1) is 0 Å². The van der Waals surface area contributed by atoms with E-state index in [1.807, 2.05) is 0 Å². The summed E-state index contributed by atoms with van der Waals surface area (Å²) in [5, 5.41) is 0.902. The van der Waals surface area contributed by atoms with Crippen molar-refractivity contribution in [2.45, 2.75) is 39.5 Å². The molecule has 0 aliphatic carbocycles. The van der Waals surface area contributed by atoms with E-state index in [2.05, 4.69) is 13.8 Å². The van der Waals surface area contributed by atoms with Gasteiger partial charge in [-0.3, -0.25) is 0 Å². The molecule has 5 heteroatoms. The molecule has 0 fully saturated rings. The molecule has 0 saturated carbocycles. The predicted octanol–water partition coefficient (Wildman–Crippen LogP) is 3.46. The fourth-order valence-corrected chi connectivity index (χ4v) is 6.90. The van der Waals surface area contributed by atoms with Crippen molar-refractivity contribution < 1.29 is 18.7 Å². The van der Waals surface area contributed by atoms with Gasteiger partial charge >= 0.3 is 121 Å². The van der Waals surface area contributed by atoms with E-state index in [1.165, 1.54) is 6.03 Å². The summed E-state index contributed by atoms with van der Waals surface area (Å²) in [6.07, 6.45) is 7.67. The van der Waals surface area contributed by atoms with Gasteiger partial charge in [-0.15, -0.1) is 0 Å². The number of rotatable bonds is 10. The topological polar surface area (TPSA) is 48.7 Å². The SMILES string of the molecule is CCCC[PH](C=O)(CCCC)c1c(OC)coc1OC. The summed E-state index contributed by atoms with van der Waals surface area (Å²) in [5.41, 5.74) is 0. The molecule has 0 saturated heterocycles. The van der Waals surface area contributed by atoms with Gasteiger partial charge in [0.1, 0.15) is 0 Å². The molecule has 0 atom stereocenters. The van der Waals surface area contributed by atoms with Crippen LogP contribution in [0.3, 0.4) is 0 Å². The van der Waals surface area contributed by atoms with Crippen molar-refractivity contribution in [1.82, 2.24) is 0 Å². The summed E-state index contributed by atoms with van der Waals surface area (Å²) in [7, 11) is 0.893. The van der Waals surface area contributed by atoms with E-state index in [0.29, 0.717) is 11.7 Å². The Hall–Kier alpha value is -1.02. The van der Waals surface area contributed by atoms with Crippen LogP contribution in [0.5, 0.6) is 11.7 Å². The van der Waals surface area contributed by atoms with Crippen LogP contribution in [0.15, 0.2) is 10.7 Å². The van der Waals surface area contributed by atoms with Crippen LogP contribution < -0.4 is 14.8 Å². The molecule has 0 bridgehead atoms. The Morgan fingerprint density at radius 3 is 2.15 bits per heavy atom. The van der Waals surface area contributed by atoms with Gasteiger partial charge in [0, 0.05) is 0 Å². The van der Waals surface area contributed by atoms with E-state index < -0.39 is 7.26 Å². The minimum atomic E-state index is -2.29. The zero-order valence-electron chi connectivity index (χ0n) is 13.0. The van der Waals surface area contributed by atoms with E-state index >= 15 is 0 Å². The van der Waals surface area contributed by atoms with Gasteiger partial charge in [-0.2, -0.15) is 0 Å². The van der Waals surface area contributed by atoms with Gasteiger partial charge in [0.2, 0.25) is 0 Å². The second-order valence-corrected chi connectivity index (χ2v) is 9.20. The maximum atomic E-state index is 12.0. The molecule has 1 rings (SSSR count). The Balaban J connectivity index is 3.25. The van der Waals surface area contributed by atoms with Crippen LogP contribution in [0.2, 0.25) is 0 Å². The van der Waals surface area contributed by atoms with E-state index in [4.69, 9.17) is 13.9 Å². The third-order valence-corrected chi connectivity index (χ3v) is 8.19. The summed E-state index contributed by atoms with van der Waals surface area (Å²) in [5.74, 6) is 1.11. The van der Waals surface area contributed by atoms with Crippen molar-refractivity contribution in [2.24, 2.45) is 0 Å². The molecular formula is C15H27O4P. The van der Waals surface area contributed by atoms with Crippen molar-refractivity contribution in [3.05, 3.63) is 6.26 Å². The normalized spacial score (nSPS) is 12.2. The quantitative estimate of drug-likeness (QED) is 0.490. The van der Waals surface area contributed by atoms with Gasteiger partial charge in [-0.05, 0) is 0 Å². The number of methoxy groups -OCH3 is 2. The van der Waals surface area contributed by atoms with E-state index in [-0.39, 0.29) is 0 Å². The number of carbonyl (C=O) groups is 1. The minimum absolute atomic E-state index is 0.452. The molecule has 0 N–H and O–H groups in total. The molecule has 1 aromatic rings. The summed E-state index contributed by atoms with van der Waals surface area (Å²) in [6.45, 7) is 4.29. The number of carbonyl (C=O) groups excluding carboxylic acids is 1. The van der Waals surface area contributed by atoms with Gasteiger partial charge in [-0.1, -0.05) is 0 Å². The number of hydrogen-bond donors (Lipinski definition) is 0. The van der Waals surface area contributed by atoms with Crippen LogP contribution in [0.4, 0.5) is 0 Å². The van der Waals surface area contributed by atoms with E-state index in [9.17, 15) is 4.79 Å². The third kappa shape index (κ3) is 3.54. The zero-order chi connectivity index (χ0) is 15.0. The molecule has 0 aliphatic heterocycles. The Morgan fingerprint density at radius 1 is 1.15 bits per heavy atom.